The van der Waals surface area contributed by atoms with E-state index < -0.39 is 6.10 Å². The van der Waals surface area contributed by atoms with Crippen molar-refractivity contribution >= 4 is 27.0 Å². The van der Waals surface area contributed by atoms with E-state index in [0.29, 0.717) is 5.52 Å². The first-order valence-corrected chi connectivity index (χ1v) is 7.49. The average Bonchev–Trinajstić information content (AvgIpc) is 2.88. The second kappa shape index (κ2) is 5.54. The maximum Gasteiger partial charge on any atom is 0.124 e. The van der Waals surface area contributed by atoms with E-state index in [9.17, 15) is 5.11 Å². The number of rotatable bonds is 3. The summed E-state index contributed by atoms with van der Waals surface area (Å²) in [5.41, 5.74) is 2.92. The van der Waals surface area contributed by atoms with Crippen molar-refractivity contribution < 1.29 is 5.11 Å². The molecule has 0 saturated carbocycles. The van der Waals surface area contributed by atoms with Crippen LogP contribution in [0.2, 0.25) is 0 Å². The Labute approximate surface area is 130 Å². The van der Waals surface area contributed by atoms with Crippen molar-refractivity contribution in [3.8, 4) is 0 Å². The Balaban J connectivity index is 2.17. The minimum atomic E-state index is -0.815. The van der Waals surface area contributed by atoms with Crippen LogP contribution in [0.3, 0.4) is 0 Å². The summed E-state index contributed by atoms with van der Waals surface area (Å²) in [6, 6.07) is 5.78. The smallest absolute Gasteiger partial charge is 0.124 e. The number of aliphatic hydroxyl groups is 1. The van der Waals surface area contributed by atoms with Gasteiger partial charge in [0.2, 0.25) is 0 Å². The highest BCUT2D eigenvalue weighted by Gasteiger charge is 2.23. The van der Waals surface area contributed by atoms with Crippen LogP contribution in [-0.4, -0.2) is 24.9 Å². The van der Waals surface area contributed by atoms with Crippen LogP contribution in [0.5, 0.6) is 0 Å². The third-order valence-corrected chi connectivity index (χ3v) is 3.97. The van der Waals surface area contributed by atoms with Crippen LogP contribution in [0.15, 0.2) is 41.3 Å². The lowest BCUT2D eigenvalue weighted by Crippen LogP contribution is -2.13. The number of nitrogens with zero attached hydrogens (tertiary/aromatic N) is 4. The molecule has 3 aromatic rings. The number of hydrogen-bond acceptors (Lipinski definition) is 4. The van der Waals surface area contributed by atoms with Gasteiger partial charge in [0.15, 0.2) is 0 Å². The molecule has 108 valence electrons. The molecule has 0 fully saturated rings. The SMILES string of the molecule is CC(C)n1ncc(Br)c1C(O)c1cccc2nccnc12. The normalized spacial score (nSPS) is 13.0. The van der Waals surface area contributed by atoms with E-state index >= 15 is 0 Å². The third kappa shape index (κ3) is 2.45. The fourth-order valence-corrected chi connectivity index (χ4v) is 2.89. The van der Waals surface area contributed by atoms with Gasteiger partial charge in [-0.25, -0.2) is 0 Å². The zero-order chi connectivity index (χ0) is 15.0. The summed E-state index contributed by atoms with van der Waals surface area (Å²) in [5, 5.41) is 15.1. The molecule has 0 aliphatic carbocycles. The minimum absolute atomic E-state index is 0.155. The van der Waals surface area contributed by atoms with Crippen molar-refractivity contribution in [2.24, 2.45) is 0 Å². The quantitative estimate of drug-likeness (QED) is 0.790. The van der Waals surface area contributed by atoms with E-state index in [1.165, 1.54) is 0 Å². The highest BCUT2D eigenvalue weighted by Crippen LogP contribution is 2.32. The lowest BCUT2D eigenvalue weighted by atomic mass is 10.0. The third-order valence-electron chi connectivity index (χ3n) is 3.36. The van der Waals surface area contributed by atoms with Crippen molar-refractivity contribution in [2.75, 3.05) is 0 Å². The Hall–Kier alpha value is -1.79. The van der Waals surface area contributed by atoms with Gasteiger partial charge in [-0.15, -0.1) is 0 Å². The van der Waals surface area contributed by atoms with Gasteiger partial charge in [-0.05, 0) is 35.8 Å². The Morgan fingerprint density at radius 1 is 1.19 bits per heavy atom. The van der Waals surface area contributed by atoms with E-state index in [2.05, 4.69) is 31.0 Å². The highest BCUT2D eigenvalue weighted by molar-refractivity contribution is 9.10. The number of aliphatic hydroxyl groups excluding tert-OH is 1. The van der Waals surface area contributed by atoms with Crippen molar-refractivity contribution in [1.82, 2.24) is 19.7 Å². The van der Waals surface area contributed by atoms with Gasteiger partial charge in [-0.1, -0.05) is 12.1 Å². The van der Waals surface area contributed by atoms with Crippen LogP contribution in [0.1, 0.15) is 37.3 Å². The number of fused-ring (bicyclic) bond motifs is 1. The average molecular weight is 347 g/mol. The molecule has 3 rings (SSSR count). The predicted molar refractivity (Wildman–Crippen MR) is 83.9 cm³/mol. The van der Waals surface area contributed by atoms with Crippen LogP contribution in [0.25, 0.3) is 11.0 Å². The standard InChI is InChI=1S/C15H15BrN4O/c1-9(2)20-14(11(16)8-19-20)15(21)10-4-3-5-12-13(10)18-7-6-17-12/h3-9,15,21H,1-2H3. The second-order valence-corrected chi connectivity index (χ2v) is 5.94. The molecule has 0 saturated heterocycles. The first-order valence-electron chi connectivity index (χ1n) is 6.70. The van der Waals surface area contributed by atoms with E-state index in [-0.39, 0.29) is 6.04 Å². The van der Waals surface area contributed by atoms with Crippen LogP contribution >= 0.6 is 15.9 Å². The zero-order valence-corrected chi connectivity index (χ0v) is 13.3. The highest BCUT2D eigenvalue weighted by atomic mass is 79.9. The largest absolute Gasteiger partial charge is 0.382 e. The first-order chi connectivity index (χ1) is 10.1. The molecule has 0 bridgehead atoms. The van der Waals surface area contributed by atoms with E-state index in [1.807, 2.05) is 36.7 Å². The molecule has 2 heterocycles. The van der Waals surface area contributed by atoms with E-state index in [0.717, 1.165) is 21.2 Å². The van der Waals surface area contributed by atoms with Gasteiger partial charge in [0.1, 0.15) is 6.10 Å². The van der Waals surface area contributed by atoms with Gasteiger partial charge in [0.05, 0.1) is 27.4 Å². The molecular formula is C15H15BrN4O. The molecule has 0 radical (unpaired) electrons. The molecule has 0 aliphatic rings. The van der Waals surface area contributed by atoms with Crippen LogP contribution in [-0.2, 0) is 0 Å². The zero-order valence-electron chi connectivity index (χ0n) is 11.7. The molecule has 0 amide bonds. The fourth-order valence-electron chi connectivity index (χ4n) is 2.40. The molecule has 5 nitrogen and oxygen atoms in total. The molecule has 1 aromatic carbocycles. The summed E-state index contributed by atoms with van der Waals surface area (Å²) in [6.07, 6.45) is 4.17. The second-order valence-electron chi connectivity index (χ2n) is 5.09. The summed E-state index contributed by atoms with van der Waals surface area (Å²) < 4.78 is 2.59. The van der Waals surface area contributed by atoms with E-state index in [4.69, 9.17) is 0 Å². The molecule has 0 spiro atoms. The molecule has 0 aliphatic heterocycles. The summed E-state index contributed by atoms with van der Waals surface area (Å²) in [7, 11) is 0. The molecule has 1 atom stereocenters. The maximum absolute atomic E-state index is 10.8. The van der Waals surface area contributed by atoms with Crippen molar-refractivity contribution in [2.45, 2.75) is 26.0 Å². The topological polar surface area (TPSA) is 63.8 Å². The lowest BCUT2D eigenvalue weighted by molar-refractivity contribution is 0.205. The number of hydrogen-bond donors (Lipinski definition) is 1. The summed E-state index contributed by atoms with van der Waals surface area (Å²) >= 11 is 3.47. The Kier molecular flexibility index (Phi) is 3.73. The van der Waals surface area contributed by atoms with Crippen LogP contribution in [0.4, 0.5) is 0 Å². The Morgan fingerprint density at radius 2 is 1.95 bits per heavy atom. The molecule has 1 unspecified atom stereocenters. The van der Waals surface area contributed by atoms with Gasteiger partial charge >= 0.3 is 0 Å². The van der Waals surface area contributed by atoms with Gasteiger partial charge < -0.3 is 5.11 Å². The first kappa shape index (κ1) is 14.2. The summed E-state index contributed by atoms with van der Waals surface area (Å²) in [4.78, 5) is 8.63. The van der Waals surface area contributed by atoms with Gasteiger partial charge in [-0.2, -0.15) is 5.10 Å². The van der Waals surface area contributed by atoms with Gasteiger partial charge in [0.25, 0.3) is 0 Å². The van der Waals surface area contributed by atoms with Crippen molar-refractivity contribution in [3.05, 3.63) is 52.5 Å². The summed E-state index contributed by atoms with van der Waals surface area (Å²) in [6.45, 7) is 4.05. The number of para-hydroxylation sites is 1. The number of benzene rings is 1. The molecular weight excluding hydrogens is 332 g/mol. The van der Waals surface area contributed by atoms with Crippen molar-refractivity contribution in [1.29, 1.82) is 0 Å². The molecule has 21 heavy (non-hydrogen) atoms. The van der Waals surface area contributed by atoms with E-state index in [1.54, 1.807) is 18.6 Å². The fraction of sp³-hybridized carbons (Fsp3) is 0.267. The number of halogens is 1. The van der Waals surface area contributed by atoms with Crippen molar-refractivity contribution in [3.63, 3.8) is 0 Å². The van der Waals surface area contributed by atoms with Crippen LogP contribution in [0, 0.1) is 0 Å². The molecule has 1 N–H and O–H groups in total. The van der Waals surface area contributed by atoms with Gasteiger partial charge in [-0.3, -0.25) is 14.6 Å². The lowest BCUT2D eigenvalue weighted by Gasteiger charge is -2.17. The summed E-state index contributed by atoms with van der Waals surface area (Å²) in [5.74, 6) is 0. The molecule has 6 heteroatoms. The predicted octanol–water partition coefficient (Wildman–Crippen LogP) is 3.25. The Bertz CT molecular complexity index is 779. The van der Waals surface area contributed by atoms with Gasteiger partial charge in [0, 0.05) is 24.0 Å². The Morgan fingerprint density at radius 3 is 2.71 bits per heavy atom. The monoisotopic (exact) mass is 346 g/mol. The van der Waals surface area contributed by atoms with Crippen LogP contribution < -0.4 is 0 Å². The minimum Gasteiger partial charge on any atom is -0.382 e. The molecule has 2 aromatic heterocycles. The maximum atomic E-state index is 10.8. The number of aromatic nitrogens is 4.